The molecule has 0 fully saturated rings. The summed E-state index contributed by atoms with van der Waals surface area (Å²) in [5.74, 6) is -1.35. The van der Waals surface area contributed by atoms with Gasteiger partial charge in [0.05, 0.1) is 6.04 Å². The first kappa shape index (κ1) is 13.2. The Hall–Kier alpha value is -2.22. The molecule has 1 unspecified atom stereocenters. The molecule has 2 aromatic heterocycles. The van der Waals surface area contributed by atoms with Gasteiger partial charge in [0.25, 0.3) is 5.91 Å². The molecule has 0 aliphatic heterocycles. The fraction of sp³-hybridized carbons (Fsp3) is 0.273. The van der Waals surface area contributed by atoms with Gasteiger partial charge < -0.3 is 10.4 Å². The lowest BCUT2D eigenvalue weighted by Crippen LogP contribution is -2.28. The molecule has 19 heavy (non-hydrogen) atoms. The Morgan fingerprint density at radius 2 is 2.26 bits per heavy atom. The molecule has 0 aromatic carbocycles. The lowest BCUT2D eigenvalue weighted by Gasteiger charge is -2.10. The molecule has 0 aliphatic carbocycles. The number of aromatic carboxylic acids is 1. The van der Waals surface area contributed by atoms with E-state index in [1.54, 1.807) is 20.0 Å². The van der Waals surface area contributed by atoms with Gasteiger partial charge in [0.15, 0.2) is 5.69 Å². The highest BCUT2D eigenvalue weighted by atomic mass is 32.1. The van der Waals surface area contributed by atoms with Gasteiger partial charge in [0, 0.05) is 18.6 Å². The normalized spacial score (nSPS) is 12.1. The van der Waals surface area contributed by atoms with Gasteiger partial charge in [-0.2, -0.15) is 5.10 Å². The van der Waals surface area contributed by atoms with Gasteiger partial charge in [-0.05, 0) is 13.0 Å². The molecule has 2 heterocycles. The molecule has 0 spiro atoms. The number of nitrogens with zero attached hydrogens (tertiary/aromatic N) is 3. The standard InChI is InChI=1S/C11H12N4O3S/c1-6(10-14-7(5-19-10)11(17)18)13-9(16)8-3-4-12-15(8)2/h3-6H,1-2H3,(H,13,16)(H,17,18). The first-order valence-electron chi connectivity index (χ1n) is 5.46. The van der Waals surface area contributed by atoms with Gasteiger partial charge in [-0.1, -0.05) is 0 Å². The number of aryl methyl sites for hydroxylation is 1. The topological polar surface area (TPSA) is 97.1 Å². The van der Waals surface area contributed by atoms with E-state index >= 15 is 0 Å². The molecule has 0 saturated heterocycles. The summed E-state index contributed by atoms with van der Waals surface area (Å²) in [6.45, 7) is 1.75. The average molecular weight is 280 g/mol. The SMILES string of the molecule is CC(NC(=O)c1ccnn1C)c1nc(C(=O)O)cs1. The fourth-order valence-corrected chi connectivity index (χ4v) is 2.31. The maximum absolute atomic E-state index is 11.9. The van der Waals surface area contributed by atoms with Crippen molar-refractivity contribution in [1.29, 1.82) is 0 Å². The predicted molar refractivity (Wildman–Crippen MR) is 68.2 cm³/mol. The number of hydrogen-bond acceptors (Lipinski definition) is 5. The maximum Gasteiger partial charge on any atom is 0.355 e. The van der Waals surface area contributed by atoms with Crippen LogP contribution in [-0.2, 0) is 7.05 Å². The van der Waals surface area contributed by atoms with Crippen LogP contribution < -0.4 is 5.32 Å². The van der Waals surface area contributed by atoms with Crippen molar-refractivity contribution in [2.24, 2.45) is 7.05 Å². The second-order valence-corrected chi connectivity index (χ2v) is 4.80. The van der Waals surface area contributed by atoms with E-state index in [9.17, 15) is 9.59 Å². The van der Waals surface area contributed by atoms with Gasteiger partial charge in [0.2, 0.25) is 0 Å². The average Bonchev–Trinajstić information content (AvgIpc) is 2.96. The number of amides is 1. The smallest absolute Gasteiger partial charge is 0.355 e. The summed E-state index contributed by atoms with van der Waals surface area (Å²) in [6, 6.07) is 1.24. The molecule has 2 rings (SSSR count). The van der Waals surface area contributed by atoms with E-state index in [0.29, 0.717) is 10.7 Å². The molecule has 8 heteroatoms. The molecule has 0 saturated carbocycles. The zero-order valence-corrected chi connectivity index (χ0v) is 11.1. The quantitative estimate of drug-likeness (QED) is 0.873. The Kier molecular flexibility index (Phi) is 3.61. The number of carbonyl (C=O) groups excluding carboxylic acids is 1. The third kappa shape index (κ3) is 2.79. The Bertz CT molecular complexity index is 619. The summed E-state index contributed by atoms with van der Waals surface area (Å²) in [5, 5.41) is 17.4. The summed E-state index contributed by atoms with van der Waals surface area (Å²) in [4.78, 5) is 26.6. The van der Waals surface area contributed by atoms with Crippen LogP contribution in [0.1, 0.15) is 39.0 Å². The van der Waals surface area contributed by atoms with E-state index in [0.717, 1.165) is 0 Å². The highest BCUT2D eigenvalue weighted by Gasteiger charge is 2.18. The van der Waals surface area contributed by atoms with Crippen LogP contribution in [-0.4, -0.2) is 31.7 Å². The van der Waals surface area contributed by atoms with Crippen LogP contribution in [0.3, 0.4) is 0 Å². The Labute approximate surface area is 112 Å². The van der Waals surface area contributed by atoms with E-state index in [1.807, 2.05) is 0 Å². The van der Waals surface area contributed by atoms with Crippen molar-refractivity contribution in [3.63, 3.8) is 0 Å². The molecule has 0 bridgehead atoms. The van der Waals surface area contributed by atoms with E-state index in [4.69, 9.17) is 5.11 Å². The first-order valence-corrected chi connectivity index (χ1v) is 6.34. The number of nitrogens with one attached hydrogen (secondary N) is 1. The summed E-state index contributed by atoms with van der Waals surface area (Å²) in [5.41, 5.74) is 0.420. The molecule has 2 aromatic rings. The van der Waals surface area contributed by atoms with Crippen LogP contribution in [0, 0.1) is 0 Å². The van der Waals surface area contributed by atoms with Crippen molar-refractivity contribution in [2.75, 3.05) is 0 Å². The van der Waals surface area contributed by atoms with Gasteiger partial charge in [-0.15, -0.1) is 11.3 Å². The first-order chi connectivity index (χ1) is 8.99. The highest BCUT2D eigenvalue weighted by molar-refractivity contribution is 7.09. The van der Waals surface area contributed by atoms with Crippen molar-refractivity contribution >= 4 is 23.2 Å². The monoisotopic (exact) mass is 280 g/mol. The number of carboxylic acid groups (broad SMARTS) is 1. The Morgan fingerprint density at radius 3 is 2.79 bits per heavy atom. The van der Waals surface area contributed by atoms with Crippen molar-refractivity contribution in [2.45, 2.75) is 13.0 Å². The van der Waals surface area contributed by atoms with Crippen LogP contribution in [0.25, 0.3) is 0 Å². The highest BCUT2D eigenvalue weighted by Crippen LogP contribution is 2.18. The number of thiazole rings is 1. The van der Waals surface area contributed by atoms with E-state index < -0.39 is 5.97 Å². The number of carbonyl (C=O) groups is 2. The van der Waals surface area contributed by atoms with Crippen molar-refractivity contribution < 1.29 is 14.7 Å². The summed E-state index contributed by atoms with van der Waals surface area (Å²) in [7, 11) is 1.67. The van der Waals surface area contributed by atoms with E-state index in [1.165, 1.54) is 27.6 Å². The molecule has 1 amide bonds. The molecule has 7 nitrogen and oxygen atoms in total. The minimum atomic E-state index is -1.08. The minimum absolute atomic E-state index is 0.0124. The van der Waals surface area contributed by atoms with Gasteiger partial charge in [-0.25, -0.2) is 9.78 Å². The van der Waals surface area contributed by atoms with Crippen LogP contribution in [0.5, 0.6) is 0 Å². The van der Waals surface area contributed by atoms with Gasteiger partial charge in [0.1, 0.15) is 10.7 Å². The molecule has 1 atom stereocenters. The lowest BCUT2D eigenvalue weighted by atomic mass is 10.3. The van der Waals surface area contributed by atoms with Crippen molar-refractivity contribution in [3.05, 3.63) is 34.0 Å². The second kappa shape index (κ2) is 5.19. The summed E-state index contributed by atoms with van der Waals surface area (Å²) >= 11 is 1.20. The second-order valence-electron chi connectivity index (χ2n) is 3.91. The zero-order valence-electron chi connectivity index (χ0n) is 10.3. The Morgan fingerprint density at radius 1 is 1.53 bits per heavy atom. The van der Waals surface area contributed by atoms with Crippen molar-refractivity contribution in [1.82, 2.24) is 20.1 Å². The Balaban J connectivity index is 2.08. The van der Waals surface area contributed by atoms with E-state index in [-0.39, 0.29) is 17.6 Å². The molecule has 0 aliphatic rings. The summed E-state index contributed by atoms with van der Waals surface area (Å²) in [6.07, 6.45) is 1.53. The van der Waals surface area contributed by atoms with E-state index in [2.05, 4.69) is 15.4 Å². The van der Waals surface area contributed by atoms with Crippen LogP contribution in [0.4, 0.5) is 0 Å². The number of aromatic nitrogens is 3. The molecule has 0 radical (unpaired) electrons. The van der Waals surface area contributed by atoms with Gasteiger partial charge >= 0.3 is 5.97 Å². The third-order valence-electron chi connectivity index (χ3n) is 2.51. The molecular formula is C11H12N4O3S. The van der Waals surface area contributed by atoms with Crippen LogP contribution >= 0.6 is 11.3 Å². The molecule has 2 N–H and O–H groups in total. The molecular weight excluding hydrogens is 268 g/mol. The predicted octanol–water partition coefficient (Wildman–Crippen LogP) is 1.07. The lowest BCUT2D eigenvalue weighted by molar-refractivity contribution is 0.0691. The zero-order chi connectivity index (χ0) is 14.0. The van der Waals surface area contributed by atoms with Crippen LogP contribution in [0.2, 0.25) is 0 Å². The number of rotatable bonds is 4. The summed E-state index contributed by atoms with van der Waals surface area (Å²) < 4.78 is 1.46. The minimum Gasteiger partial charge on any atom is -0.476 e. The third-order valence-corrected chi connectivity index (χ3v) is 3.54. The van der Waals surface area contributed by atoms with Gasteiger partial charge in [-0.3, -0.25) is 9.48 Å². The fourth-order valence-electron chi connectivity index (χ4n) is 1.51. The molecule has 100 valence electrons. The number of carboxylic acids is 1. The maximum atomic E-state index is 11.9. The van der Waals surface area contributed by atoms with Crippen LogP contribution in [0.15, 0.2) is 17.6 Å². The number of hydrogen-bond donors (Lipinski definition) is 2. The van der Waals surface area contributed by atoms with Crippen molar-refractivity contribution in [3.8, 4) is 0 Å². The largest absolute Gasteiger partial charge is 0.476 e.